The van der Waals surface area contributed by atoms with Crippen molar-refractivity contribution in [3.63, 3.8) is 0 Å². The van der Waals surface area contributed by atoms with Gasteiger partial charge in [-0.3, -0.25) is 5.10 Å². The lowest BCUT2D eigenvalue weighted by Gasteiger charge is -2.06. The van der Waals surface area contributed by atoms with E-state index in [2.05, 4.69) is 18.9 Å². The van der Waals surface area contributed by atoms with Crippen molar-refractivity contribution in [2.75, 3.05) is 6.61 Å². The number of nitrogens with zero attached hydrogens (tertiary/aromatic N) is 1. The molecule has 1 aromatic carbocycles. The summed E-state index contributed by atoms with van der Waals surface area (Å²) in [6.07, 6.45) is 0. The van der Waals surface area contributed by atoms with Gasteiger partial charge in [0.1, 0.15) is 10.4 Å². The number of aromatic amines is 1. The third-order valence-corrected chi connectivity index (χ3v) is 3.07. The van der Waals surface area contributed by atoms with Gasteiger partial charge in [0.15, 0.2) is 0 Å². The summed E-state index contributed by atoms with van der Waals surface area (Å²) in [5.41, 5.74) is 2.17. The molecule has 0 aliphatic rings. The first kappa shape index (κ1) is 12.9. The van der Waals surface area contributed by atoms with Gasteiger partial charge < -0.3 is 4.74 Å². The van der Waals surface area contributed by atoms with Gasteiger partial charge in [0.05, 0.1) is 12.3 Å². The highest BCUT2D eigenvalue weighted by Crippen LogP contribution is 2.18. The van der Waals surface area contributed by atoms with E-state index in [-0.39, 0.29) is 0 Å². The van der Waals surface area contributed by atoms with Crippen LogP contribution in [0.25, 0.3) is 5.69 Å². The fourth-order valence-corrected chi connectivity index (χ4v) is 2.04. The molecular weight excluding hydrogens is 244 g/mol. The number of nitrogens with one attached hydrogen (secondary N) is 1. The average molecular weight is 262 g/mol. The first-order valence-corrected chi connectivity index (χ1v) is 6.58. The van der Waals surface area contributed by atoms with E-state index in [1.54, 1.807) is 0 Å². The molecule has 1 N–H and O–H groups in total. The van der Waals surface area contributed by atoms with Crippen molar-refractivity contribution in [2.45, 2.75) is 26.7 Å². The van der Waals surface area contributed by atoms with Crippen molar-refractivity contribution in [2.24, 2.45) is 0 Å². The van der Waals surface area contributed by atoms with Crippen molar-refractivity contribution < 1.29 is 4.74 Å². The van der Waals surface area contributed by atoms with Gasteiger partial charge in [-0.25, -0.2) is 4.68 Å². The van der Waals surface area contributed by atoms with E-state index >= 15 is 0 Å². The Labute approximate surface area is 112 Å². The summed E-state index contributed by atoms with van der Waals surface area (Å²) in [6.45, 7) is 6.94. The Morgan fingerprint density at radius 1 is 1.28 bits per heavy atom. The summed E-state index contributed by atoms with van der Waals surface area (Å²) in [7, 11) is 0. The first-order valence-electron chi connectivity index (χ1n) is 6.17. The Morgan fingerprint density at radius 2 is 1.94 bits per heavy atom. The molecule has 0 saturated heterocycles. The number of rotatable bonds is 4. The number of H-pyrrole nitrogens is 1. The van der Waals surface area contributed by atoms with E-state index in [1.165, 1.54) is 0 Å². The third-order valence-electron chi connectivity index (χ3n) is 2.77. The summed E-state index contributed by atoms with van der Waals surface area (Å²) in [4.78, 5) is 0. The third kappa shape index (κ3) is 2.64. The molecule has 4 heteroatoms. The van der Waals surface area contributed by atoms with E-state index in [4.69, 9.17) is 17.0 Å². The Hall–Kier alpha value is -1.55. The Bertz CT molecular complexity index is 566. The molecule has 0 radical (unpaired) electrons. The number of aromatic nitrogens is 2. The second kappa shape index (κ2) is 5.40. The summed E-state index contributed by atoms with van der Waals surface area (Å²) < 4.78 is 8.14. The number of hydrogen-bond donors (Lipinski definition) is 1. The Kier molecular flexibility index (Phi) is 3.87. The highest BCUT2D eigenvalue weighted by Gasteiger charge is 2.05. The normalized spacial score (nSPS) is 10.9. The molecule has 0 saturated carbocycles. The molecule has 96 valence electrons. The molecule has 3 nitrogen and oxygen atoms in total. The van der Waals surface area contributed by atoms with Crippen molar-refractivity contribution in [3.05, 3.63) is 40.7 Å². The van der Waals surface area contributed by atoms with Gasteiger partial charge in [0.2, 0.25) is 0 Å². The van der Waals surface area contributed by atoms with Gasteiger partial charge in [-0.15, -0.1) is 0 Å². The van der Waals surface area contributed by atoms with E-state index in [9.17, 15) is 0 Å². The molecule has 0 bridgehead atoms. The zero-order valence-electron chi connectivity index (χ0n) is 10.9. The monoisotopic (exact) mass is 262 g/mol. The minimum absolute atomic E-state index is 0.440. The van der Waals surface area contributed by atoms with Gasteiger partial charge in [-0.1, -0.05) is 26.1 Å². The van der Waals surface area contributed by atoms with E-state index in [1.807, 2.05) is 41.9 Å². The van der Waals surface area contributed by atoms with Crippen LogP contribution in [0, 0.1) is 4.64 Å². The maximum absolute atomic E-state index is 5.42. The minimum atomic E-state index is 0.440. The van der Waals surface area contributed by atoms with Crippen LogP contribution in [-0.2, 0) is 0 Å². The number of benzene rings is 1. The zero-order valence-corrected chi connectivity index (χ0v) is 11.8. The maximum atomic E-state index is 5.42. The van der Waals surface area contributed by atoms with E-state index in [0.717, 1.165) is 21.8 Å². The van der Waals surface area contributed by atoms with Gasteiger partial charge in [0, 0.05) is 5.69 Å². The Morgan fingerprint density at radius 3 is 2.44 bits per heavy atom. The van der Waals surface area contributed by atoms with Crippen LogP contribution in [-0.4, -0.2) is 16.4 Å². The molecule has 2 rings (SSSR count). The number of ether oxygens (including phenoxy) is 1. The van der Waals surface area contributed by atoms with Crippen molar-refractivity contribution >= 4 is 12.2 Å². The number of hydrogen-bond acceptors (Lipinski definition) is 2. The molecule has 0 fully saturated rings. The van der Waals surface area contributed by atoms with Crippen LogP contribution in [0.5, 0.6) is 5.75 Å². The topological polar surface area (TPSA) is 29.9 Å². The second-order valence-corrected chi connectivity index (χ2v) is 4.89. The van der Waals surface area contributed by atoms with Crippen LogP contribution in [0.4, 0.5) is 0 Å². The highest BCUT2D eigenvalue weighted by molar-refractivity contribution is 7.71. The van der Waals surface area contributed by atoms with Crippen LogP contribution in [0.2, 0.25) is 0 Å². The molecule has 18 heavy (non-hydrogen) atoms. The lowest BCUT2D eigenvalue weighted by atomic mass is 10.1. The van der Waals surface area contributed by atoms with Gasteiger partial charge in [-0.05, 0) is 43.2 Å². The lowest BCUT2D eigenvalue weighted by Crippen LogP contribution is -1.98. The minimum Gasteiger partial charge on any atom is -0.494 e. The predicted octanol–water partition coefficient (Wildman–Crippen LogP) is 4.06. The van der Waals surface area contributed by atoms with Crippen LogP contribution in [0.3, 0.4) is 0 Å². The smallest absolute Gasteiger partial charge is 0.127 e. The van der Waals surface area contributed by atoms with Crippen LogP contribution in [0.1, 0.15) is 32.4 Å². The van der Waals surface area contributed by atoms with Gasteiger partial charge in [-0.2, -0.15) is 0 Å². The van der Waals surface area contributed by atoms with Gasteiger partial charge >= 0.3 is 0 Å². The standard InChI is InChI=1S/C14H18N2OS/c1-4-17-12-7-5-11(6-8-12)16-14(18)9-13(15-16)10(2)3/h5-10,15H,4H2,1-3H3. The summed E-state index contributed by atoms with van der Waals surface area (Å²) in [5, 5.41) is 3.32. The lowest BCUT2D eigenvalue weighted by molar-refractivity contribution is 0.340. The molecular formula is C14H18N2OS. The predicted molar refractivity (Wildman–Crippen MR) is 76.2 cm³/mol. The van der Waals surface area contributed by atoms with Crippen molar-refractivity contribution in [1.29, 1.82) is 0 Å². The van der Waals surface area contributed by atoms with Crippen LogP contribution >= 0.6 is 12.2 Å². The quantitative estimate of drug-likeness (QED) is 0.842. The zero-order chi connectivity index (χ0) is 13.1. The largest absolute Gasteiger partial charge is 0.494 e. The molecule has 0 amide bonds. The van der Waals surface area contributed by atoms with E-state index < -0.39 is 0 Å². The highest BCUT2D eigenvalue weighted by atomic mass is 32.1. The molecule has 2 aromatic rings. The summed E-state index contributed by atoms with van der Waals surface area (Å²) >= 11 is 5.36. The van der Waals surface area contributed by atoms with Crippen LogP contribution in [0.15, 0.2) is 30.3 Å². The van der Waals surface area contributed by atoms with Crippen molar-refractivity contribution in [1.82, 2.24) is 9.78 Å². The van der Waals surface area contributed by atoms with E-state index in [0.29, 0.717) is 12.5 Å². The van der Waals surface area contributed by atoms with Crippen LogP contribution < -0.4 is 4.74 Å². The summed E-state index contributed by atoms with van der Waals surface area (Å²) in [5.74, 6) is 1.32. The molecule has 0 atom stereocenters. The molecule has 0 spiro atoms. The molecule has 0 aliphatic heterocycles. The first-order chi connectivity index (χ1) is 8.61. The van der Waals surface area contributed by atoms with Crippen molar-refractivity contribution in [3.8, 4) is 11.4 Å². The van der Waals surface area contributed by atoms with Gasteiger partial charge in [0.25, 0.3) is 0 Å². The Balaban J connectivity index is 2.33. The summed E-state index contributed by atoms with van der Waals surface area (Å²) in [6, 6.07) is 9.92. The fourth-order valence-electron chi connectivity index (χ4n) is 1.76. The average Bonchev–Trinajstić information content (AvgIpc) is 2.73. The molecule has 0 unspecified atom stereocenters. The fraction of sp³-hybridized carbons (Fsp3) is 0.357. The maximum Gasteiger partial charge on any atom is 0.127 e. The molecule has 0 aliphatic carbocycles. The SMILES string of the molecule is CCOc1ccc(-n2[nH]c(C(C)C)cc2=S)cc1. The molecule has 1 aromatic heterocycles. The molecule has 1 heterocycles. The second-order valence-electron chi connectivity index (χ2n) is 4.47.